The summed E-state index contributed by atoms with van der Waals surface area (Å²) in [5.74, 6) is 0. The molecule has 0 aliphatic carbocycles. The van der Waals surface area contributed by atoms with Crippen molar-refractivity contribution in [3.8, 4) is 0 Å². The fourth-order valence-corrected chi connectivity index (χ4v) is 0.911. The Bertz CT molecular complexity index is 318. The summed E-state index contributed by atoms with van der Waals surface area (Å²) in [5.41, 5.74) is 2.19. The molecule has 1 aromatic rings. The smallest absolute Gasteiger partial charge is 0.0837 e. The lowest BCUT2D eigenvalue weighted by atomic mass is 10.1. The van der Waals surface area contributed by atoms with Crippen LogP contribution >= 0.6 is 0 Å². The molecule has 0 spiro atoms. The second-order valence-electron chi connectivity index (χ2n) is 2.46. The minimum atomic E-state index is 0.554. The Hall–Kier alpha value is -1.64. The number of hydrogen-bond donors (Lipinski definition) is 2. The Kier molecular flexibility index (Phi) is 2.58. The molecule has 3 heteroatoms. The Morgan fingerprint density at radius 1 is 1.58 bits per heavy atom. The predicted molar refractivity (Wildman–Crippen MR) is 48.3 cm³/mol. The lowest BCUT2D eigenvalue weighted by molar-refractivity contribution is 0.319. The second kappa shape index (κ2) is 3.67. The van der Waals surface area contributed by atoms with Gasteiger partial charge in [-0.2, -0.15) is 0 Å². The maximum absolute atomic E-state index is 8.48. The number of nitrogens with zero attached hydrogens (tertiary/aromatic N) is 1. The fourth-order valence-electron chi connectivity index (χ4n) is 0.911. The summed E-state index contributed by atoms with van der Waals surface area (Å²) in [7, 11) is 0. The molecule has 0 saturated heterocycles. The van der Waals surface area contributed by atoms with Gasteiger partial charge in [0.15, 0.2) is 0 Å². The Labute approximate surface area is 70.9 Å². The van der Waals surface area contributed by atoms with E-state index in [-0.39, 0.29) is 0 Å². The van der Waals surface area contributed by atoms with Crippen molar-refractivity contribution in [2.75, 3.05) is 0 Å². The zero-order valence-corrected chi connectivity index (χ0v) is 6.78. The van der Waals surface area contributed by atoms with Crippen LogP contribution in [-0.2, 0) is 0 Å². The fraction of sp³-hybridized carbons (Fsp3) is 0.111. The molecule has 0 amide bonds. The molecule has 1 aromatic carbocycles. The molecule has 0 aromatic heterocycles. The summed E-state index contributed by atoms with van der Waals surface area (Å²) in [5, 5.41) is 18.6. The third-order valence-electron chi connectivity index (χ3n) is 1.62. The van der Waals surface area contributed by atoms with E-state index < -0.39 is 0 Å². The minimum absolute atomic E-state index is 0.554. The highest BCUT2D eigenvalue weighted by molar-refractivity contribution is 5.99. The zero-order valence-electron chi connectivity index (χ0n) is 6.78. The molecule has 12 heavy (non-hydrogen) atoms. The Morgan fingerprint density at radius 2 is 2.33 bits per heavy atom. The standard InChI is InChI=1S/C9H10N2O/c1-7(11-12)9-4-2-3-8(5-9)6-10/h2-6,10,12H,1H3. The van der Waals surface area contributed by atoms with E-state index in [4.69, 9.17) is 10.6 Å². The average Bonchev–Trinajstić information content (AvgIpc) is 2.17. The van der Waals surface area contributed by atoms with Crippen LogP contribution in [0.5, 0.6) is 0 Å². The van der Waals surface area contributed by atoms with E-state index in [9.17, 15) is 0 Å². The normalized spacial score (nSPS) is 11.2. The van der Waals surface area contributed by atoms with Gasteiger partial charge in [-0.05, 0) is 24.1 Å². The molecule has 0 unspecified atom stereocenters. The minimum Gasteiger partial charge on any atom is -0.411 e. The first-order valence-electron chi connectivity index (χ1n) is 3.57. The van der Waals surface area contributed by atoms with Gasteiger partial charge in [-0.15, -0.1) is 0 Å². The van der Waals surface area contributed by atoms with Crippen LogP contribution in [0.4, 0.5) is 0 Å². The van der Waals surface area contributed by atoms with Gasteiger partial charge in [0.25, 0.3) is 0 Å². The maximum atomic E-state index is 8.48. The lowest BCUT2D eigenvalue weighted by Crippen LogP contribution is -1.94. The average molecular weight is 162 g/mol. The van der Waals surface area contributed by atoms with Gasteiger partial charge in [0, 0.05) is 6.21 Å². The molecule has 0 radical (unpaired) electrons. The van der Waals surface area contributed by atoms with Gasteiger partial charge in [-0.1, -0.05) is 23.4 Å². The van der Waals surface area contributed by atoms with Crippen molar-refractivity contribution < 1.29 is 5.21 Å². The third kappa shape index (κ3) is 1.69. The van der Waals surface area contributed by atoms with Crippen LogP contribution < -0.4 is 0 Å². The lowest BCUT2D eigenvalue weighted by Gasteiger charge is -1.98. The van der Waals surface area contributed by atoms with E-state index in [2.05, 4.69) is 5.16 Å². The first kappa shape index (κ1) is 8.46. The first-order chi connectivity index (χ1) is 5.77. The van der Waals surface area contributed by atoms with Crippen molar-refractivity contribution in [2.24, 2.45) is 5.16 Å². The maximum Gasteiger partial charge on any atom is 0.0837 e. The van der Waals surface area contributed by atoms with Crippen LogP contribution in [0.25, 0.3) is 0 Å². The van der Waals surface area contributed by atoms with Crippen molar-refractivity contribution in [1.82, 2.24) is 0 Å². The number of hydrogen-bond acceptors (Lipinski definition) is 3. The van der Waals surface area contributed by atoms with E-state index >= 15 is 0 Å². The van der Waals surface area contributed by atoms with Gasteiger partial charge >= 0.3 is 0 Å². The van der Waals surface area contributed by atoms with E-state index in [0.717, 1.165) is 11.1 Å². The van der Waals surface area contributed by atoms with Crippen LogP contribution in [0.3, 0.4) is 0 Å². The van der Waals surface area contributed by atoms with Crippen LogP contribution in [0, 0.1) is 5.41 Å². The molecule has 62 valence electrons. The van der Waals surface area contributed by atoms with Crippen molar-refractivity contribution >= 4 is 11.9 Å². The van der Waals surface area contributed by atoms with Crippen molar-refractivity contribution in [3.63, 3.8) is 0 Å². The molecule has 2 N–H and O–H groups in total. The summed E-state index contributed by atoms with van der Waals surface area (Å²) < 4.78 is 0. The molecular formula is C9H10N2O. The van der Waals surface area contributed by atoms with Crippen LogP contribution in [-0.4, -0.2) is 17.1 Å². The summed E-state index contributed by atoms with van der Waals surface area (Å²) >= 11 is 0. The van der Waals surface area contributed by atoms with Crippen molar-refractivity contribution in [1.29, 1.82) is 5.41 Å². The van der Waals surface area contributed by atoms with Crippen LogP contribution in [0.2, 0.25) is 0 Å². The molecule has 0 bridgehead atoms. The van der Waals surface area contributed by atoms with Crippen LogP contribution in [0.15, 0.2) is 29.4 Å². The number of oxime groups is 1. The first-order valence-corrected chi connectivity index (χ1v) is 3.57. The van der Waals surface area contributed by atoms with Gasteiger partial charge < -0.3 is 10.6 Å². The van der Waals surface area contributed by atoms with Crippen molar-refractivity contribution in [2.45, 2.75) is 6.92 Å². The van der Waals surface area contributed by atoms with E-state index in [1.165, 1.54) is 6.21 Å². The van der Waals surface area contributed by atoms with Gasteiger partial charge in [-0.25, -0.2) is 0 Å². The van der Waals surface area contributed by atoms with Gasteiger partial charge in [0.05, 0.1) is 5.71 Å². The summed E-state index contributed by atoms with van der Waals surface area (Å²) in [6.45, 7) is 1.71. The highest BCUT2D eigenvalue weighted by Crippen LogP contribution is 2.04. The molecule has 0 heterocycles. The zero-order chi connectivity index (χ0) is 8.97. The summed E-state index contributed by atoms with van der Waals surface area (Å²) in [6, 6.07) is 7.27. The van der Waals surface area contributed by atoms with Gasteiger partial charge in [0.2, 0.25) is 0 Å². The molecular weight excluding hydrogens is 152 g/mol. The van der Waals surface area contributed by atoms with Crippen molar-refractivity contribution in [3.05, 3.63) is 35.4 Å². The molecule has 0 saturated carbocycles. The number of nitrogens with one attached hydrogen (secondary N) is 1. The van der Waals surface area contributed by atoms with Crippen LogP contribution in [0.1, 0.15) is 18.1 Å². The monoisotopic (exact) mass is 162 g/mol. The third-order valence-corrected chi connectivity index (χ3v) is 1.62. The molecule has 0 aliphatic heterocycles. The quantitative estimate of drug-likeness (QED) is 0.389. The van der Waals surface area contributed by atoms with E-state index in [0.29, 0.717) is 5.71 Å². The molecule has 0 atom stereocenters. The summed E-state index contributed by atoms with van der Waals surface area (Å²) in [6.07, 6.45) is 1.26. The number of benzene rings is 1. The number of rotatable bonds is 2. The molecule has 3 nitrogen and oxygen atoms in total. The van der Waals surface area contributed by atoms with E-state index in [1.54, 1.807) is 13.0 Å². The molecule has 1 rings (SSSR count). The van der Waals surface area contributed by atoms with Gasteiger partial charge in [0.1, 0.15) is 0 Å². The predicted octanol–water partition coefficient (Wildman–Crippen LogP) is 1.88. The second-order valence-corrected chi connectivity index (χ2v) is 2.46. The Balaban J connectivity index is 3.10. The Morgan fingerprint density at radius 3 is 2.92 bits per heavy atom. The van der Waals surface area contributed by atoms with E-state index in [1.807, 2.05) is 18.2 Å². The largest absolute Gasteiger partial charge is 0.411 e. The molecule has 0 fully saturated rings. The SMILES string of the molecule is CC(=NO)c1cccc(C=N)c1. The topological polar surface area (TPSA) is 56.4 Å². The summed E-state index contributed by atoms with van der Waals surface area (Å²) in [4.78, 5) is 0. The highest BCUT2D eigenvalue weighted by atomic mass is 16.4. The highest BCUT2D eigenvalue weighted by Gasteiger charge is 1.96. The van der Waals surface area contributed by atoms with Gasteiger partial charge in [-0.3, -0.25) is 0 Å². The molecule has 0 aliphatic rings.